The lowest BCUT2D eigenvalue weighted by atomic mass is 10.1. The molecule has 21 heavy (non-hydrogen) atoms. The highest BCUT2D eigenvalue weighted by Crippen LogP contribution is 2.37. The first-order valence-electron chi connectivity index (χ1n) is 7.19. The number of rotatable bonds is 5. The number of carbonyl (C=O) groups excluding carboxylic acids is 1. The minimum absolute atomic E-state index is 0.210. The van der Waals surface area contributed by atoms with E-state index in [4.69, 9.17) is 0 Å². The Morgan fingerprint density at radius 2 is 2.05 bits per heavy atom. The number of aromatic nitrogens is 1. The molecule has 3 heteroatoms. The van der Waals surface area contributed by atoms with E-state index >= 15 is 0 Å². The Morgan fingerprint density at radius 1 is 1.29 bits per heavy atom. The van der Waals surface area contributed by atoms with E-state index in [1.165, 1.54) is 5.39 Å². The van der Waals surface area contributed by atoms with Crippen LogP contribution in [0.1, 0.15) is 39.7 Å². The molecule has 0 saturated heterocycles. The van der Waals surface area contributed by atoms with Crippen LogP contribution in [0.15, 0.2) is 47.0 Å². The first-order chi connectivity index (χ1) is 10.1. The van der Waals surface area contributed by atoms with Crippen molar-refractivity contribution in [3.63, 3.8) is 0 Å². The van der Waals surface area contributed by atoms with Crippen LogP contribution in [0.4, 0.5) is 0 Å². The second-order valence-corrected chi connectivity index (χ2v) is 6.19. The summed E-state index contributed by atoms with van der Waals surface area (Å²) in [5.74, 6) is 0.210. The number of carbonyl (C=O) groups is 1. The summed E-state index contributed by atoms with van der Waals surface area (Å²) >= 11 is 1.58. The van der Waals surface area contributed by atoms with Crippen molar-refractivity contribution < 1.29 is 4.79 Å². The summed E-state index contributed by atoms with van der Waals surface area (Å²) in [6.45, 7) is 7.92. The van der Waals surface area contributed by atoms with Gasteiger partial charge in [-0.15, -0.1) is 0 Å². The third-order valence-corrected chi connectivity index (χ3v) is 4.87. The molecule has 1 N–H and O–H groups in total. The Morgan fingerprint density at radius 3 is 2.67 bits per heavy atom. The zero-order chi connectivity index (χ0) is 15.4. The molecule has 0 fully saturated rings. The van der Waals surface area contributed by atoms with Gasteiger partial charge in [-0.25, -0.2) is 0 Å². The molecule has 2 aromatic rings. The van der Waals surface area contributed by atoms with Crippen molar-refractivity contribution in [2.45, 2.75) is 34.1 Å². The molecule has 1 aromatic carbocycles. The molecule has 2 nitrogen and oxygen atoms in total. The highest BCUT2D eigenvalue weighted by Gasteiger charge is 2.13. The van der Waals surface area contributed by atoms with Gasteiger partial charge in [-0.1, -0.05) is 36.4 Å². The van der Waals surface area contributed by atoms with Gasteiger partial charge < -0.3 is 4.98 Å². The monoisotopic (exact) mass is 299 g/mol. The Balaban J connectivity index is 2.35. The van der Waals surface area contributed by atoms with Crippen LogP contribution in [0.5, 0.6) is 0 Å². The second-order valence-electron chi connectivity index (χ2n) is 5.14. The van der Waals surface area contributed by atoms with Crippen molar-refractivity contribution in [1.82, 2.24) is 4.98 Å². The molecule has 0 atom stereocenters. The summed E-state index contributed by atoms with van der Waals surface area (Å²) in [5.41, 5.74) is 3.36. The van der Waals surface area contributed by atoms with E-state index in [0.29, 0.717) is 6.42 Å². The number of H-pyrrole nitrogens is 1. The zero-order valence-electron chi connectivity index (χ0n) is 13.0. The van der Waals surface area contributed by atoms with Crippen LogP contribution in [0.25, 0.3) is 15.8 Å². The maximum Gasteiger partial charge on any atom is 0.169 e. The van der Waals surface area contributed by atoms with E-state index in [1.54, 1.807) is 11.8 Å². The van der Waals surface area contributed by atoms with Gasteiger partial charge in [-0.3, -0.25) is 4.79 Å². The zero-order valence-corrected chi connectivity index (χ0v) is 13.8. The molecule has 110 valence electrons. The number of hydrogen-bond donors (Lipinski definition) is 1. The molecule has 2 rings (SSSR count). The van der Waals surface area contributed by atoms with E-state index < -0.39 is 0 Å². The lowest BCUT2D eigenvalue weighted by molar-refractivity contribution is -0.114. The quantitative estimate of drug-likeness (QED) is 0.736. The molecule has 0 aliphatic carbocycles. The van der Waals surface area contributed by atoms with Crippen LogP contribution in [0, 0.1) is 0 Å². The smallest absolute Gasteiger partial charge is 0.169 e. The predicted molar refractivity (Wildman–Crippen MR) is 93.2 cm³/mol. The lowest BCUT2D eigenvalue weighted by Gasteiger charge is -2.11. The van der Waals surface area contributed by atoms with Gasteiger partial charge in [-0.2, -0.15) is 0 Å². The summed E-state index contributed by atoms with van der Waals surface area (Å²) < 4.78 is 0. The number of Topliss-reactive ketones (excluding diaryl/α,β-unsaturated/α-hetero) is 1. The van der Waals surface area contributed by atoms with E-state index in [1.807, 2.05) is 33.9 Å². The largest absolute Gasteiger partial charge is 0.361 e. The second kappa shape index (κ2) is 6.81. The SMILES string of the molecule is C/C=C(/SC(C(=O)CC)=C(C)C)c1ccc2[nH]ccc2c1. The Hall–Kier alpha value is -1.74. The number of benzene rings is 1. The molecule has 0 aliphatic heterocycles. The number of aromatic amines is 1. The minimum atomic E-state index is 0.210. The number of hydrogen-bond acceptors (Lipinski definition) is 2. The molecular formula is C18H21NOS. The maximum absolute atomic E-state index is 12.1. The number of nitrogens with one attached hydrogen (secondary N) is 1. The third kappa shape index (κ3) is 3.48. The number of ketones is 1. The predicted octanol–water partition coefficient (Wildman–Crippen LogP) is 5.53. The molecule has 1 heterocycles. The fourth-order valence-electron chi connectivity index (χ4n) is 2.20. The molecule has 0 bridgehead atoms. The van der Waals surface area contributed by atoms with Crippen molar-refractivity contribution in [3.8, 4) is 0 Å². The summed E-state index contributed by atoms with van der Waals surface area (Å²) in [6, 6.07) is 8.40. The Labute approximate surface area is 130 Å². The van der Waals surface area contributed by atoms with Crippen LogP contribution in [-0.2, 0) is 4.79 Å². The highest BCUT2D eigenvalue weighted by molar-refractivity contribution is 8.12. The van der Waals surface area contributed by atoms with Crippen LogP contribution in [0.2, 0.25) is 0 Å². The Kier molecular flexibility index (Phi) is 5.07. The van der Waals surface area contributed by atoms with Crippen LogP contribution in [-0.4, -0.2) is 10.8 Å². The van der Waals surface area contributed by atoms with Crippen molar-refractivity contribution in [1.29, 1.82) is 0 Å². The summed E-state index contributed by atoms with van der Waals surface area (Å²) in [4.78, 5) is 17.3. The van der Waals surface area contributed by atoms with Gasteiger partial charge in [-0.05, 0) is 49.9 Å². The van der Waals surface area contributed by atoms with Crippen LogP contribution in [0.3, 0.4) is 0 Å². The summed E-state index contributed by atoms with van der Waals surface area (Å²) in [6.07, 6.45) is 4.56. The normalized spacial score (nSPS) is 11.7. The first-order valence-corrected chi connectivity index (χ1v) is 8.00. The number of allylic oxidation sites excluding steroid dienone is 3. The van der Waals surface area contributed by atoms with Crippen molar-refractivity contribution in [3.05, 3.63) is 52.6 Å². The average molecular weight is 299 g/mol. The molecular weight excluding hydrogens is 278 g/mol. The van der Waals surface area contributed by atoms with E-state index in [9.17, 15) is 4.79 Å². The molecule has 1 aromatic heterocycles. The first kappa shape index (κ1) is 15.6. The van der Waals surface area contributed by atoms with Crippen molar-refractivity contribution >= 4 is 33.4 Å². The standard InChI is InChI=1S/C18H21NOS/c1-5-16(20)18(12(3)4)21-17(6-2)14-7-8-15-13(11-14)9-10-19-15/h6-11,19H,5H2,1-4H3/b17-6+. The van der Waals surface area contributed by atoms with Gasteiger partial charge in [0.2, 0.25) is 0 Å². The molecule has 0 spiro atoms. The molecule has 0 amide bonds. The van der Waals surface area contributed by atoms with Gasteiger partial charge in [0.15, 0.2) is 5.78 Å². The molecule has 0 radical (unpaired) electrons. The Bertz CT molecular complexity index is 718. The van der Waals surface area contributed by atoms with Gasteiger partial charge in [0, 0.05) is 23.0 Å². The van der Waals surface area contributed by atoms with Crippen molar-refractivity contribution in [2.24, 2.45) is 0 Å². The van der Waals surface area contributed by atoms with Crippen LogP contribution >= 0.6 is 11.8 Å². The fourth-order valence-corrected chi connectivity index (χ4v) is 3.24. The maximum atomic E-state index is 12.1. The number of fused-ring (bicyclic) bond motifs is 1. The summed E-state index contributed by atoms with van der Waals surface area (Å²) in [5, 5.41) is 1.19. The fraction of sp³-hybridized carbons (Fsp3) is 0.278. The van der Waals surface area contributed by atoms with Gasteiger partial charge >= 0.3 is 0 Å². The van der Waals surface area contributed by atoms with Gasteiger partial charge in [0.1, 0.15) is 0 Å². The minimum Gasteiger partial charge on any atom is -0.361 e. The average Bonchev–Trinajstić information content (AvgIpc) is 2.94. The number of thioether (sulfide) groups is 1. The molecule has 0 aliphatic rings. The van der Waals surface area contributed by atoms with Gasteiger partial charge in [0.25, 0.3) is 0 Å². The highest BCUT2D eigenvalue weighted by atomic mass is 32.2. The summed E-state index contributed by atoms with van der Waals surface area (Å²) in [7, 11) is 0. The van der Waals surface area contributed by atoms with E-state index in [2.05, 4.69) is 35.3 Å². The lowest BCUT2D eigenvalue weighted by Crippen LogP contribution is -1.99. The van der Waals surface area contributed by atoms with Crippen LogP contribution < -0.4 is 0 Å². The van der Waals surface area contributed by atoms with E-state index in [0.717, 1.165) is 26.5 Å². The topological polar surface area (TPSA) is 32.9 Å². The van der Waals surface area contributed by atoms with E-state index in [-0.39, 0.29) is 5.78 Å². The van der Waals surface area contributed by atoms with Crippen molar-refractivity contribution in [2.75, 3.05) is 0 Å². The molecule has 0 saturated carbocycles. The van der Waals surface area contributed by atoms with Gasteiger partial charge in [0.05, 0.1) is 4.91 Å². The third-order valence-electron chi connectivity index (χ3n) is 3.34. The molecule has 0 unspecified atom stereocenters.